The smallest absolute Gasteiger partial charge is 0.255 e. The monoisotopic (exact) mass is 280 g/mol. The minimum atomic E-state index is -0.0530. The van der Waals surface area contributed by atoms with Crippen LogP contribution in [0.25, 0.3) is 0 Å². The number of halogens is 1. The fourth-order valence-electron chi connectivity index (χ4n) is 3.05. The van der Waals surface area contributed by atoms with Crippen LogP contribution in [0.3, 0.4) is 0 Å². The molecule has 4 nitrogen and oxygen atoms in total. The van der Waals surface area contributed by atoms with Gasteiger partial charge in [0.15, 0.2) is 0 Å². The molecular weight excluding hydrogens is 264 g/mol. The standard InChI is InChI=1S/C14H17ClN2O2/c1-3-8-4-9-10-6-17(15)7-11(10)16-14(18)13(9)12(5-8)19-2/h4-5,10-11H,3,6-7H2,1-2H3,(H,16,18)/t10-,11+/m0/s1. The summed E-state index contributed by atoms with van der Waals surface area (Å²) < 4.78 is 7.14. The fourth-order valence-corrected chi connectivity index (χ4v) is 3.35. The van der Waals surface area contributed by atoms with Gasteiger partial charge in [-0.3, -0.25) is 4.79 Å². The van der Waals surface area contributed by atoms with Crippen LogP contribution in [0, 0.1) is 0 Å². The zero-order valence-electron chi connectivity index (χ0n) is 11.1. The zero-order valence-corrected chi connectivity index (χ0v) is 11.8. The first-order chi connectivity index (χ1) is 9.13. The molecule has 2 aliphatic heterocycles. The predicted octanol–water partition coefficient (Wildman–Crippen LogP) is 1.92. The summed E-state index contributed by atoms with van der Waals surface area (Å²) in [5.74, 6) is 0.867. The number of nitrogens with zero attached hydrogens (tertiary/aromatic N) is 1. The molecule has 0 unspecified atom stereocenters. The molecular formula is C14H17ClN2O2. The molecule has 102 valence electrons. The van der Waals surface area contributed by atoms with Crippen molar-refractivity contribution in [1.82, 2.24) is 9.74 Å². The molecule has 1 fully saturated rings. The molecule has 0 aliphatic carbocycles. The molecule has 5 heteroatoms. The van der Waals surface area contributed by atoms with E-state index in [-0.39, 0.29) is 17.9 Å². The van der Waals surface area contributed by atoms with Crippen molar-refractivity contribution in [2.75, 3.05) is 20.2 Å². The van der Waals surface area contributed by atoms with Gasteiger partial charge < -0.3 is 10.1 Å². The van der Waals surface area contributed by atoms with E-state index in [2.05, 4.69) is 18.3 Å². The maximum absolute atomic E-state index is 12.3. The van der Waals surface area contributed by atoms with E-state index < -0.39 is 0 Å². The molecule has 0 aromatic heterocycles. The van der Waals surface area contributed by atoms with E-state index in [9.17, 15) is 4.79 Å². The third-order valence-corrected chi connectivity index (χ3v) is 4.31. The van der Waals surface area contributed by atoms with Gasteiger partial charge in [0.2, 0.25) is 0 Å². The minimum absolute atomic E-state index is 0.0530. The van der Waals surface area contributed by atoms with E-state index in [0.29, 0.717) is 17.9 Å². The molecule has 1 saturated heterocycles. The normalized spacial score (nSPS) is 25.7. The molecule has 0 spiro atoms. The Balaban J connectivity index is 2.15. The molecule has 0 radical (unpaired) electrons. The second-order valence-corrected chi connectivity index (χ2v) is 5.61. The lowest BCUT2D eigenvalue weighted by molar-refractivity contribution is 0.0920. The highest BCUT2D eigenvalue weighted by molar-refractivity contribution is 6.13. The van der Waals surface area contributed by atoms with Crippen molar-refractivity contribution in [3.63, 3.8) is 0 Å². The van der Waals surface area contributed by atoms with Gasteiger partial charge in [0.05, 0.1) is 18.7 Å². The molecule has 0 bridgehead atoms. The number of carbonyl (C=O) groups is 1. The summed E-state index contributed by atoms with van der Waals surface area (Å²) in [7, 11) is 1.61. The Labute approximate surface area is 117 Å². The molecule has 1 aromatic rings. The van der Waals surface area contributed by atoms with Crippen LogP contribution in [0.2, 0.25) is 0 Å². The van der Waals surface area contributed by atoms with Crippen molar-refractivity contribution in [3.05, 3.63) is 28.8 Å². The number of hydrogen-bond acceptors (Lipinski definition) is 3. The number of benzene rings is 1. The highest BCUT2D eigenvalue weighted by Gasteiger charge is 2.41. The lowest BCUT2D eigenvalue weighted by Crippen LogP contribution is -2.44. The third-order valence-electron chi connectivity index (χ3n) is 4.04. The molecule has 2 aliphatic rings. The van der Waals surface area contributed by atoms with Gasteiger partial charge in [0, 0.05) is 19.0 Å². The maximum Gasteiger partial charge on any atom is 0.255 e. The van der Waals surface area contributed by atoms with Gasteiger partial charge in [-0.1, -0.05) is 13.0 Å². The lowest BCUT2D eigenvalue weighted by atomic mass is 9.84. The van der Waals surface area contributed by atoms with Gasteiger partial charge in [-0.05, 0) is 35.4 Å². The average molecular weight is 281 g/mol. The van der Waals surface area contributed by atoms with Crippen LogP contribution < -0.4 is 10.1 Å². The molecule has 1 N–H and O–H groups in total. The number of fused-ring (bicyclic) bond motifs is 3. The van der Waals surface area contributed by atoms with Crippen LogP contribution in [0.5, 0.6) is 5.75 Å². The van der Waals surface area contributed by atoms with Crippen LogP contribution >= 0.6 is 11.8 Å². The van der Waals surface area contributed by atoms with Crippen molar-refractivity contribution in [2.24, 2.45) is 0 Å². The van der Waals surface area contributed by atoms with Crippen LogP contribution in [-0.4, -0.2) is 36.6 Å². The van der Waals surface area contributed by atoms with Crippen LogP contribution in [0.1, 0.15) is 34.3 Å². The second kappa shape index (κ2) is 4.69. The summed E-state index contributed by atoms with van der Waals surface area (Å²) in [5, 5.41) is 3.03. The summed E-state index contributed by atoms with van der Waals surface area (Å²) >= 11 is 6.10. The van der Waals surface area contributed by atoms with Crippen molar-refractivity contribution >= 4 is 17.7 Å². The van der Waals surface area contributed by atoms with Gasteiger partial charge in [-0.2, -0.15) is 0 Å². The first-order valence-electron chi connectivity index (χ1n) is 6.56. The molecule has 1 amide bonds. The SMILES string of the molecule is CCc1cc(OC)c2c(c1)[C@@H]1CN(Cl)C[C@H]1NC2=O. The Morgan fingerprint density at radius 2 is 2.26 bits per heavy atom. The largest absolute Gasteiger partial charge is 0.496 e. The summed E-state index contributed by atoms with van der Waals surface area (Å²) in [4.78, 5) is 12.3. The van der Waals surface area contributed by atoms with Crippen molar-refractivity contribution in [2.45, 2.75) is 25.3 Å². The highest BCUT2D eigenvalue weighted by Crippen LogP contribution is 2.39. The van der Waals surface area contributed by atoms with Crippen LogP contribution in [-0.2, 0) is 6.42 Å². The average Bonchev–Trinajstić information content (AvgIpc) is 2.78. The number of ether oxygens (including phenoxy) is 1. The first-order valence-corrected chi connectivity index (χ1v) is 6.90. The Hall–Kier alpha value is -1.26. The van der Waals surface area contributed by atoms with E-state index >= 15 is 0 Å². The zero-order chi connectivity index (χ0) is 13.6. The number of carbonyl (C=O) groups excluding carboxylic acids is 1. The number of hydrogen-bond donors (Lipinski definition) is 1. The lowest BCUT2D eigenvalue weighted by Gasteiger charge is -2.29. The summed E-state index contributed by atoms with van der Waals surface area (Å²) in [6, 6.07) is 4.19. The first kappa shape index (κ1) is 12.8. The van der Waals surface area contributed by atoms with E-state index in [4.69, 9.17) is 16.5 Å². The summed E-state index contributed by atoms with van der Waals surface area (Å²) in [6.07, 6.45) is 0.924. The number of rotatable bonds is 2. The fraction of sp³-hybridized carbons (Fsp3) is 0.500. The maximum atomic E-state index is 12.3. The van der Waals surface area contributed by atoms with Gasteiger partial charge in [-0.15, -0.1) is 0 Å². The number of nitrogens with one attached hydrogen (secondary N) is 1. The van der Waals surface area contributed by atoms with Gasteiger partial charge in [0.1, 0.15) is 5.75 Å². The summed E-state index contributed by atoms with van der Waals surface area (Å²) in [6.45, 7) is 3.55. The summed E-state index contributed by atoms with van der Waals surface area (Å²) in [5.41, 5.74) is 2.94. The number of amides is 1. The van der Waals surface area contributed by atoms with E-state index in [0.717, 1.165) is 18.5 Å². The van der Waals surface area contributed by atoms with E-state index in [1.807, 2.05) is 6.07 Å². The second-order valence-electron chi connectivity index (χ2n) is 5.13. The highest BCUT2D eigenvalue weighted by atomic mass is 35.5. The topological polar surface area (TPSA) is 41.6 Å². The van der Waals surface area contributed by atoms with Gasteiger partial charge in [-0.25, -0.2) is 4.42 Å². The molecule has 2 heterocycles. The number of methoxy groups -OCH3 is 1. The van der Waals surface area contributed by atoms with E-state index in [1.54, 1.807) is 11.5 Å². The molecule has 2 atom stereocenters. The van der Waals surface area contributed by atoms with Crippen molar-refractivity contribution in [1.29, 1.82) is 0 Å². The molecule has 1 aromatic carbocycles. The third kappa shape index (κ3) is 1.99. The predicted molar refractivity (Wildman–Crippen MR) is 73.8 cm³/mol. The van der Waals surface area contributed by atoms with E-state index in [1.165, 1.54) is 5.56 Å². The van der Waals surface area contributed by atoms with Gasteiger partial charge in [0.25, 0.3) is 5.91 Å². The Bertz CT molecular complexity index is 532. The molecule has 19 heavy (non-hydrogen) atoms. The van der Waals surface area contributed by atoms with Crippen molar-refractivity contribution in [3.8, 4) is 5.75 Å². The number of aryl methyl sites for hydroxylation is 1. The minimum Gasteiger partial charge on any atom is -0.496 e. The Kier molecular flexibility index (Phi) is 3.15. The van der Waals surface area contributed by atoms with Gasteiger partial charge >= 0.3 is 0 Å². The molecule has 3 rings (SSSR count). The van der Waals surface area contributed by atoms with Crippen LogP contribution in [0.15, 0.2) is 12.1 Å². The Morgan fingerprint density at radius 1 is 1.47 bits per heavy atom. The molecule has 0 saturated carbocycles. The Morgan fingerprint density at radius 3 is 2.95 bits per heavy atom. The quantitative estimate of drug-likeness (QED) is 0.842. The van der Waals surface area contributed by atoms with Crippen molar-refractivity contribution < 1.29 is 9.53 Å². The van der Waals surface area contributed by atoms with Crippen LogP contribution in [0.4, 0.5) is 0 Å².